The maximum atomic E-state index is 10.2. The van der Waals surface area contributed by atoms with E-state index in [1.54, 1.807) is 0 Å². The standard InChI is InChI=1S/C4H3N2O3/c5-3(8)4-6-2(7)1-9-4/h1H,(H2,5,8). The topological polar surface area (TPSA) is 89.0 Å². The molecule has 0 aliphatic carbocycles. The van der Waals surface area contributed by atoms with Gasteiger partial charge < -0.3 is 10.2 Å². The number of hydrogen-bond acceptors (Lipinski definition) is 3. The second kappa shape index (κ2) is 1.77. The molecule has 9 heavy (non-hydrogen) atoms. The van der Waals surface area contributed by atoms with Crippen molar-refractivity contribution in [3.05, 3.63) is 12.2 Å². The first-order valence-electron chi connectivity index (χ1n) is 2.12. The fraction of sp³-hybridized carbons (Fsp3) is 0. The quantitative estimate of drug-likeness (QED) is 0.571. The minimum Gasteiger partial charge on any atom is -0.437 e. The van der Waals surface area contributed by atoms with Crippen LogP contribution in [0.2, 0.25) is 0 Å². The molecular formula is C4H3N2O3. The van der Waals surface area contributed by atoms with Crippen molar-refractivity contribution in [1.82, 2.24) is 4.98 Å². The zero-order chi connectivity index (χ0) is 6.85. The number of nitrogens with zero attached hydrogens (tertiary/aromatic N) is 1. The third kappa shape index (κ3) is 0.987. The number of primary amides is 1. The van der Waals surface area contributed by atoms with Gasteiger partial charge in [0.2, 0.25) is 0 Å². The van der Waals surface area contributed by atoms with Crippen molar-refractivity contribution in [3.63, 3.8) is 0 Å². The van der Waals surface area contributed by atoms with Gasteiger partial charge in [0.1, 0.15) is 0 Å². The van der Waals surface area contributed by atoms with Crippen LogP contribution in [-0.4, -0.2) is 10.9 Å². The Morgan fingerprint density at radius 1 is 1.78 bits per heavy atom. The fourth-order valence-electron chi connectivity index (χ4n) is 0.372. The van der Waals surface area contributed by atoms with Gasteiger partial charge in [-0.3, -0.25) is 9.90 Å². The van der Waals surface area contributed by atoms with Crippen LogP contribution in [0.4, 0.5) is 0 Å². The molecule has 0 aliphatic rings. The second-order valence-corrected chi connectivity index (χ2v) is 1.36. The van der Waals surface area contributed by atoms with Crippen molar-refractivity contribution >= 4 is 5.91 Å². The van der Waals surface area contributed by atoms with E-state index in [9.17, 15) is 9.90 Å². The van der Waals surface area contributed by atoms with Crippen molar-refractivity contribution in [2.24, 2.45) is 5.73 Å². The Kier molecular flexibility index (Phi) is 1.11. The lowest BCUT2D eigenvalue weighted by atomic mass is 10.6. The molecule has 0 saturated heterocycles. The molecule has 0 spiro atoms. The molecule has 1 rings (SSSR count). The summed E-state index contributed by atoms with van der Waals surface area (Å²) in [7, 11) is 0. The van der Waals surface area contributed by atoms with Crippen LogP contribution in [0, 0.1) is 0 Å². The Balaban J connectivity index is 2.98. The van der Waals surface area contributed by atoms with Crippen molar-refractivity contribution < 1.29 is 14.3 Å². The van der Waals surface area contributed by atoms with E-state index in [2.05, 4.69) is 9.40 Å². The van der Waals surface area contributed by atoms with E-state index in [0.29, 0.717) is 0 Å². The van der Waals surface area contributed by atoms with Crippen LogP contribution < -0.4 is 5.73 Å². The third-order valence-corrected chi connectivity index (χ3v) is 0.694. The molecule has 1 radical (unpaired) electrons. The Labute approximate surface area is 50.1 Å². The molecule has 2 N–H and O–H groups in total. The van der Waals surface area contributed by atoms with Gasteiger partial charge in [0, 0.05) is 0 Å². The summed E-state index contributed by atoms with van der Waals surface area (Å²) < 4.78 is 4.33. The van der Waals surface area contributed by atoms with E-state index < -0.39 is 11.8 Å². The molecule has 0 atom stereocenters. The highest BCUT2D eigenvalue weighted by Crippen LogP contribution is 2.06. The minimum absolute atomic E-state index is 0.347. The lowest BCUT2D eigenvalue weighted by Gasteiger charge is -1.78. The lowest BCUT2D eigenvalue weighted by Crippen LogP contribution is -2.10. The summed E-state index contributed by atoms with van der Waals surface area (Å²) in [6.45, 7) is 0. The maximum absolute atomic E-state index is 10.2. The molecule has 0 bridgehead atoms. The molecule has 5 nitrogen and oxygen atoms in total. The van der Waals surface area contributed by atoms with Gasteiger partial charge in [0.05, 0.1) is 0 Å². The molecule has 0 saturated carbocycles. The van der Waals surface area contributed by atoms with Crippen molar-refractivity contribution in [3.8, 4) is 5.88 Å². The van der Waals surface area contributed by atoms with Crippen LogP contribution >= 0.6 is 0 Å². The number of aromatic nitrogens is 1. The number of rotatable bonds is 1. The van der Waals surface area contributed by atoms with Gasteiger partial charge in [-0.15, -0.1) is 0 Å². The van der Waals surface area contributed by atoms with Gasteiger partial charge in [-0.05, 0) is 0 Å². The molecule has 1 aromatic heterocycles. The Morgan fingerprint density at radius 2 is 2.44 bits per heavy atom. The molecule has 1 amide bonds. The molecule has 0 aromatic carbocycles. The first kappa shape index (κ1) is 5.61. The normalized spacial score (nSPS) is 9.33. The first-order chi connectivity index (χ1) is 4.20. The Bertz CT molecular complexity index is 229. The van der Waals surface area contributed by atoms with Crippen LogP contribution in [0.3, 0.4) is 0 Å². The summed E-state index contributed by atoms with van der Waals surface area (Å²) in [6.07, 6.45) is 0.820. The fourth-order valence-corrected chi connectivity index (χ4v) is 0.372. The molecule has 0 aliphatic heterocycles. The van der Waals surface area contributed by atoms with Gasteiger partial charge in [-0.25, -0.2) is 0 Å². The highest BCUT2D eigenvalue weighted by atomic mass is 16.4. The molecule has 0 unspecified atom stereocenters. The lowest BCUT2D eigenvalue weighted by molar-refractivity contribution is 0.0967. The van der Waals surface area contributed by atoms with Gasteiger partial charge in [-0.1, -0.05) is 0 Å². The largest absolute Gasteiger partial charge is 0.437 e. The van der Waals surface area contributed by atoms with E-state index in [0.717, 1.165) is 6.26 Å². The van der Waals surface area contributed by atoms with E-state index in [1.165, 1.54) is 0 Å². The van der Waals surface area contributed by atoms with Crippen LogP contribution in [-0.2, 0) is 5.11 Å². The summed E-state index contributed by atoms with van der Waals surface area (Å²) >= 11 is 0. The smallest absolute Gasteiger partial charge is 0.308 e. The first-order valence-corrected chi connectivity index (χ1v) is 2.12. The van der Waals surface area contributed by atoms with E-state index in [4.69, 9.17) is 5.73 Å². The number of oxazole rings is 1. The van der Waals surface area contributed by atoms with Gasteiger partial charge in [0.25, 0.3) is 5.89 Å². The summed E-state index contributed by atoms with van der Waals surface area (Å²) in [5, 5.41) is 10.2. The predicted octanol–water partition coefficient (Wildman–Crippen LogP) is -0.0827. The van der Waals surface area contributed by atoms with Crippen molar-refractivity contribution in [1.29, 1.82) is 0 Å². The molecule has 5 heteroatoms. The van der Waals surface area contributed by atoms with Crippen LogP contribution in [0.1, 0.15) is 10.7 Å². The zero-order valence-corrected chi connectivity index (χ0v) is 4.33. The summed E-state index contributed by atoms with van der Waals surface area (Å²) in [6, 6.07) is 0. The van der Waals surface area contributed by atoms with Crippen molar-refractivity contribution in [2.45, 2.75) is 0 Å². The summed E-state index contributed by atoms with van der Waals surface area (Å²) in [4.78, 5) is 13.3. The van der Waals surface area contributed by atoms with Crippen LogP contribution in [0.5, 0.6) is 5.88 Å². The molecule has 47 valence electrons. The number of carbonyl (C=O) groups excluding carboxylic acids is 1. The summed E-state index contributed by atoms with van der Waals surface area (Å²) in [5.74, 6) is -1.78. The highest BCUT2D eigenvalue weighted by Gasteiger charge is 2.07. The number of hydrogen-bond donors (Lipinski definition) is 1. The minimum atomic E-state index is -0.836. The summed E-state index contributed by atoms with van der Waals surface area (Å²) in [5.41, 5.74) is 4.69. The number of amides is 1. The Morgan fingerprint density at radius 3 is 2.67 bits per heavy atom. The van der Waals surface area contributed by atoms with Gasteiger partial charge in [0.15, 0.2) is 6.26 Å². The number of carbonyl (C=O) groups is 1. The number of nitrogens with two attached hydrogens (primary N) is 1. The molecule has 1 heterocycles. The monoisotopic (exact) mass is 127 g/mol. The average Bonchev–Trinajstić information content (AvgIpc) is 2.14. The average molecular weight is 127 g/mol. The molecule has 0 fully saturated rings. The van der Waals surface area contributed by atoms with E-state index in [1.807, 2.05) is 0 Å². The highest BCUT2D eigenvalue weighted by molar-refractivity contribution is 5.87. The van der Waals surface area contributed by atoms with Crippen molar-refractivity contribution in [2.75, 3.05) is 0 Å². The predicted molar refractivity (Wildman–Crippen MR) is 25.2 cm³/mol. The maximum Gasteiger partial charge on any atom is 0.308 e. The third-order valence-electron chi connectivity index (χ3n) is 0.694. The zero-order valence-electron chi connectivity index (χ0n) is 4.33. The molecule has 1 aromatic rings. The van der Waals surface area contributed by atoms with Crippen LogP contribution in [0.25, 0.3) is 0 Å². The van der Waals surface area contributed by atoms with Crippen LogP contribution in [0.15, 0.2) is 10.7 Å². The Hall–Kier alpha value is -1.52. The van der Waals surface area contributed by atoms with Gasteiger partial charge in [-0.2, -0.15) is 4.98 Å². The van der Waals surface area contributed by atoms with Gasteiger partial charge >= 0.3 is 11.8 Å². The van der Waals surface area contributed by atoms with E-state index >= 15 is 0 Å². The SMILES string of the molecule is NC(=O)c1nc([O])co1. The second-order valence-electron chi connectivity index (χ2n) is 1.36. The van der Waals surface area contributed by atoms with E-state index in [-0.39, 0.29) is 5.89 Å². The molecular weight excluding hydrogens is 124 g/mol.